The Labute approximate surface area is 119 Å². The summed E-state index contributed by atoms with van der Waals surface area (Å²) in [7, 11) is -6.78. The van der Waals surface area contributed by atoms with Gasteiger partial charge in [-0.3, -0.25) is 0 Å². The number of nitrogens with one attached hydrogen (secondary N) is 1. The van der Waals surface area contributed by atoms with Gasteiger partial charge in [-0.15, -0.1) is 0 Å². The van der Waals surface area contributed by atoms with E-state index in [9.17, 15) is 21.9 Å². The molecule has 0 aliphatic rings. The molecule has 0 aromatic heterocycles. The molecule has 0 bridgehead atoms. The zero-order valence-electron chi connectivity index (χ0n) is 11.4. The van der Waals surface area contributed by atoms with Gasteiger partial charge in [-0.1, -0.05) is 12.1 Å². The first-order chi connectivity index (χ1) is 9.12. The van der Waals surface area contributed by atoms with Crippen LogP contribution in [-0.2, 0) is 19.9 Å². The average molecular weight is 321 g/mol. The number of aliphatic hydroxyl groups is 1. The van der Waals surface area contributed by atoms with E-state index in [1.165, 1.54) is 12.1 Å². The van der Waals surface area contributed by atoms with Gasteiger partial charge < -0.3 is 5.11 Å². The van der Waals surface area contributed by atoms with Gasteiger partial charge in [0, 0.05) is 12.8 Å². The molecule has 8 heteroatoms. The van der Waals surface area contributed by atoms with Crippen LogP contribution in [-0.4, -0.2) is 40.5 Å². The molecule has 2 N–H and O–H groups in total. The lowest BCUT2D eigenvalue weighted by Gasteiger charge is -2.09. The Hall–Kier alpha value is -0.960. The molecule has 0 radical (unpaired) electrons. The van der Waals surface area contributed by atoms with Gasteiger partial charge in [-0.2, -0.15) is 0 Å². The SMILES string of the molecule is CC(O)c1cccc(S(=O)(=O)NCCCS(C)(=O)=O)c1. The van der Waals surface area contributed by atoms with Crippen LogP contribution in [0, 0.1) is 0 Å². The highest BCUT2D eigenvalue weighted by atomic mass is 32.2. The summed E-state index contributed by atoms with van der Waals surface area (Å²) in [5, 5.41) is 9.44. The van der Waals surface area contributed by atoms with Crippen molar-refractivity contribution in [2.45, 2.75) is 24.3 Å². The Kier molecular flexibility index (Phi) is 5.69. The van der Waals surface area contributed by atoms with Gasteiger partial charge in [0.25, 0.3) is 0 Å². The fourth-order valence-electron chi connectivity index (χ4n) is 1.57. The van der Waals surface area contributed by atoms with Crippen LogP contribution in [0.1, 0.15) is 25.0 Å². The molecule has 20 heavy (non-hydrogen) atoms. The second-order valence-corrected chi connectivity index (χ2v) is 8.66. The van der Waals surface area contributed by atoms with Crippen molar-refractivity contribution >= 4 is 19.9 Å². The number of rotatable bonds is 7. The Bertz CT molecular complexity index is 650. The van der Waals surface area contributed by atoms with Gasteiger partial charge in [0.05, 0.1) is 16.8 Å². The average Bonchev–Trinajstić information content (AvgIpc) is 2.34. The molecule has 1 rings (SSSR count). The van der Waals surface area contributed by atoms with E-state index in [2.05, 4.69) is 4.72 Å². The summed E-state index contributed by atoms with van der Waals surface area (Å²) in [4.78, 5) is 0.0512. The minimum Gasteiger partial charge on any atom is -0.389 e. The van der Waals surface area contributed by atoms with Crippen molar-refractivity contribution < 1.29 is 21.9 Å². The van der Waals surface area contributed by atoms with Crippen LogP contribution in [0.4, 0.5) is 0 Å². The molecular weight excluding hydrogens is 302 g/mol. The standard InChI is InChI=1S/C12H19NO5S2/c1-10(14)11-5-3-6-12(9-11)20(17,18)13-7-4-8-19(2,15)16/h3,5-6,9-10,13-14H,4,7-8H2,1-2H3. The lowest BCUT2D eigenvalue weighted by molar-refractivity contribution is 0.199. The second-order valence-electron chi connectivity index (χ2n) is 4.63. The van der Waals surface area contributed by atoms with Gasteiger partial charge >= 0.3 is 0 Å². The number of sulfonamides is 1. The summed E-state index contributed by atoms with van der Waals surface area (Å²) < 4.78 is 48.2. The number of hydrogen-bond acceptors (Lipinski definition) is 5. The van der Waals surface area contributed by atoms with Gasteiger partial charge in [-0.25, -0.2) is 21.6 Å². The van der Waals surface area contributed by atoms with Gasteiger partial charge in [-0.05, 0) is 31.0 Å². The van der Waals surface area contributed by atoms with E-state index >= 15 is 0 Å². The molecule has 1 aromatic carbocycles. The van der Waals surface area contributed by atoms with Crippen LogP contribution in [0.5, 0.6) is 0 Å². The van der Waals surface area contributed by atoms with E-state index in [4.69, 9.17) is 0 Å². The van der Waals surface area contributed by atoms with Crippen molar-refractivity contribution in [3.05, 3.63) is 29.8 Å². The molecule has 0 spiro atoms. The van der Waals surface area contributed by atoms with Crippen molar-refractivity contribution in [1.29, 1.82) is 0 Å². The molecule has 114 valence electrons. The Morgan fingerprint density at radius 2 is 1.90 bits per heavy atom. The van der Waals surface area contributed by atoms with E-state index in [-0.39, 0.29) is 23.6 Å². The number of benzene rings is 1. The van der Waals surface area contributed by atoms with Crippen molar-refractivity contribution in [2.24, 2.45) is 0 Å². The van der Waals surface area contributed by atoms with Crippen LogP contribution in [0.3, 0.4) is 0 Å². The quantitative estimate of drug-likeness (QED) is 0.710. The molecule has 1 unspecified atom stereocenters. The van der Waals surface area contributed by atoms with Gasteiger partial charge in [0.2, 0.25) is 10.0 Å². The number of hydrogen-bond donors (Lipinski definition) is 2. The molecular formula is C12H19NO5S2. The maximum absolute atomic E-state index is 12.0. The molecule has 1 atom stereocenters. The third-order valence-corrected chi connectivity index (χ3v) is 5.12. The maximum Gasteiger partial charge on any atom is 0.240 e. The highest BCUT2D eigenvalue weighted by molar-refractivity contribution is 7.90. The molecule has 0 heterocycles. The van der Waals surface area contributed by atoms with Crippen molar-refractivity contribution in [1.82, 2.24) is 4.72 Å². The Balaban J connectivity index is 2.72. The topological polar surface area (TPSA) is 101 Å². The Morgan fingerprint density at radius 3 is 2.45 bits per heavy atom. The predicted molar refractivity (Wildman–Crippen MR) is 76.6 cm³/mol. The molecule has 6 nitrogen and oxygen atoms in total. The molecule has 0 saturated heterocycles. The third kappa shape index (κ3) is 5.58. The lowest BCUT2D eigenvalue weighted by atomic mass is 10.1. The molecule has 0 aliphatic heterocycles. The maximum atomic E-state index is 12.0. The molecule has 0 fully saturated rings. The van der Waals surface area contributed by atoms with Crippen LogP contribution in [0.25, 0.3) is 0 Å². The summed E-state index contributed by atoms with van der Waals surface area (Å²) in [6.45, 7) is 1.60. The normalized spacial score (nSPS) is 14.2. The second kappa shape index (κ2) is 6.66. The Morgan fingerprint density at radius 1 is 1.25 bits per heavy atom. The van der Waals surface area contributed by atoms with Crippen molar-refractivity contribution in [3.8, 4) is 0 Å². The van der Waals surface area contributed by atoms with Crippen molar-refractivity contribution in [3.63, 3.8) is 0 Å². The zero-order chi connectivity index (χ0) is 15.4. The summed E-state index contributed by atoms with van der Waals surface area (Å²) in [6.07, 6.45) is 0.567. The minimum atomic E-state index is -3.69. The van der Waals surface area contributed by atoms with Crippen LogP contribution in [0.15, 0.2) is 29.2 Å². The monoisotopic (exact) mass is 321 g/mol. The third-order valence-electron chi connectivity index (χ3n) is 2.63. The van der Waals surface area contributed by atoms with Gasteiger partial charge in [0.1, 0.15) is 9.84 Å². The summed E-state index contributed by atoms with van der Waals surface area (Å²) >= 11 is 0. The minimum absolute atomic E-state index is 0.0499. The lowest BCUT2D eigenvalue weighted by Crippen LogP contribution is -2.26. The highest BCUT2D eigenvalue weighted by Gasteiger charge is 2.15. The van der Waals surface area contributed by atoms with E-state index in [0.29, 0.717) is 5.56 Å². The predicted octanol–water partition coefficient (Wildman–Crippen LogP) is 0.453. The van der Waals surface area contributed by atoms with E-state index < -0.39 is 26.0 Å². The molecule has 0 amide bonds. The number of sulfone groups is 1. The first-order valence-electron chi connectivity index (χ1n) is 6.07. The summed E-state index contributed by atoms with van der Waals surface area (Å²) in [5.41, 5.74) is 0.504. The summed E-state index contributed by atoms with van der Waals surface area (Å²) in [5.74, 6) is -0.0662. The van der Waals surface area contributed by atoms with Crippen LogP contribution < -0.4 is 4.72 Å². The zero-order valence-corrected chi connectivity index (χ0v) is 13.0. The fourth-order valence-corrected chi connectivity index (χ4v) is 3.36. The molecule has 1 aromatic rings. The van der Waals surface area contributed by atoms with E-state index in [0.717, 1.165) is 6.26 Å². The molecule has 0 saturated carbocycles. The first kappa shape index (κ1) is 17.1. The van der Waals surface area contributed by atoms with E-state index in [1.54, 1.807) is 19.1 Å². The molecule has 0 aliphatic carbocycles. The van der Waals surface area contributed by atoms with Crippen LogP contribution in [0.2, 0.25) is 0 Å². The number of aliphatic hydroxyl groups excluding tert-OH is 1. The fraction of sp³-hybridized carbons (Fsp3) is 0.500. The van der Waals surface area contributed by atoms with Crippen LogP contribution >= 0.6 is 0 Å². The smallest absolute Gasteiger partial charge is 0.240 e. The van der Waals surface area contributed by atoms with E-state index in [1.807, 2.05) is 0 Å². The first-order valence-corrected chi connectivity index (χ1v) is 9.61. The van der Waals surface area contributed by atoms with Gasteiger partial charge in [0.15, 0.2) is 0 Å². The van der Waals surface area contributed by atoms with Crippen molar-refractivity contribution in [2.75, 3.05) is 18.6 Å². The largest absolute Gasteiger partial charge is 0.389 e. The summed E-state index contributed by atoms with van der Waals surface area (Å²) in [6, 6.07) is 5.99. The highest BCUT2D eigenvalue weighted by Crippen LogP contribution is 2.16.